The van der Waals surface area contributed by atoms with Crippen molar-refractivity contribution < 1.29 is 14.6 Å². The van der Waals surface area contributed by atoms with E-state index in [1.54, 1.807) is 19.3 Å². The molecule has 100 valence electrons. The SMILES string of the molecule is COC(C)(CO)CNC(=O)CCc1ccncc1. The Morgan fingerprint density at radius 1 is 1.50 bits per heavy atom. The Hall–Kier alpha value is -1.46. The number of aromatic nitrogens is 1. The van der Waals surface area contributed by atoms with Crippen LogP contribution in [0, 0.1) is 0 Å². The molecule has 1 aromatic heterocycles. The minimum Gasteiger partial charge on any atom is -0.393 e. The lowest BCUT2D eigenvalue weighted by Crippen LogP contribution is -2.44. The van der Waals surface area contributed by atoms with Gasteiger partial charge in [-0.2, -0.15) is 0 Å². The molecule has 0 spiro atoms. The number of carbonyl (C=O) groups is 1. The second kappa shape index (κ2) is 7.08. The van der Waals surface area contributed by atoms with E-state index in [-0.39, 0.29) is 12.5 Å². The standard InChI is InChI=1S/C13H20N2O3/c1-13(10-16,18-2)9-15-12(17)4-3-11-5-7-14-8-6-11/h5-8,16H,3-4,9-10H2,1-2H3,(H,15,17). The molecule has 0 radical (unpaired) electrons. The highest BCUT2D eigenvalue weighted by molar-refractivity contribution is 5.76. The van der Waals surface area contributed by atoms with Gasteiger partial charge in [-0.05, 0) is 31.0 Å². The second-order valence-corrected chi connectivity index (χ2v) is 4.44. The number of methoxy groups -OCH3 is 1. The van der Waals surface area contributed by atoms with Crippen molar-refractivity contribution in [3.05, 3.63) is 30.1 Å². The first-order valence-corrected chi connectivity index (χ1v) is 5.91. The molecule has 1 atom stereocenters. The minimum absolute atomic E-state index is 0.0523. The molecule has 0 saturated heterocycles. The van der Waals surface area contributed by atoms with Crippen LogP contribution in [0.15, 0.2) is 24.5 Å². The summed E-state index contributed by atoms with van der Waals surface area (Å²) in [5.74, 6) is -0.0523. The summed E-state index contributed by atoms with van der Waals surface area (Å²) in [4.78, 5) is 15.5. The Kier molecular flexibility index (Phi) is 5.74. The average molecular weight is 252 g/mol. The zero-order chi connectivity index (χ0) is 13.4. The fourth-order valence-electron chi connectivity index (χ4n) is 1.37. The number of ether oxygens (including phenoxy) is 1. The normalized spacial score (nSPS) is 13.9. The van der Waals surface area contributed by atoms with Crippen LogP contribution >= 0.6 is 0 Å². The molecule has 1 heterocycles. The van der Waals surface area contributed by atoms with Crippen molar-refractivity contribution in [1.29, 1.82) is 0 Å². The number of aliphatic hydroxyl groups excluding tert-OH is 1. The molecule has 1 amide bonds. The quantitative estimate of drug-likeness (QED) is 0.742. The van der Waals surface area contributed by atoms with Gasteiger partial charge in [-0.25, -0.2) is 0 Å². The lowest BCUT2D eigenvalue weighted by atomic mass is 10.1. The first-order valence-electron chi connectivity index (χ1n) is 5.91. The van der Waals surface area contributed by atoms with E-state index in [1.165, 1.54) is 7.11 Å². The highest BCUT2D eigenvalue weighted by Gasteiger charge is 2.22. The average Bonchev–Trinajstić information content (AvgIpc) is 2.43. The maximum atomic E-state index is 11.6. The Morgan fingerprint density at radius 2 is 2.17 bits per heavy atom. The van der Waals surface area contributed by atoms with Crippen LogP contribution in [-0.2, 0) is 16.0 Å². The van der Waals surface area contributed by atoms with Crippen molar-refractivity contribution in [2.24, 2.45) is 0 Å². The summed E-state index contributed by atoms with van der Waals surface area (Å²) in [6, 6.07) is 3.78. The number of aryl methyl sites for hydroxylation is 1. The lowest BCUT2D eigenvalue weighted by Gasteiger charge is -2.25. The zero-order valence-corrected chi connectivity index (χ0v) is 10.8. The topological polar surface area (TPSA) is 71.5 Å². The number of nitrogens with one attached hydrogen (secondary N) is 1. The smallest absolute Gasteiger partial charge is 0.220 e. The molecule has 0 aliphatic rings. The molecule has 1 unspecified atom stereocenters. The molecule has 0 aliphatic heterocycles. The van der Waals surface area contributed by atoms with E-state index in [0.29, 0.717) is 19.4 Å². The van der Waals surface area contributed by atoms with Gasteiger partial charge < -0.3 is 15.2 Å². The molecule has 0 saturated carbocycles. The predicted molar refractivity (Wildman–Crippen MR) is 68.1 cm³/mol. The maximum Gasteiger partial charge on any atom is 0.220 e. The van der Waals surface area contributed by atoms with Crippen LogP contribution in [0.5, 0.6) is 0 Å². The predicted octanol–water partition coefficient (Wildman–Crippen LogP) is 0.528. The van der Waals surface area contributed by atoms with E-state index >= 15 is 0 Å². The van der Waals surface area contributed by atoms with E-state index in [0.717, 1.165) is 5.56 Å². The van der Waals surface area contributed by atoms with Crippen LogP contribution < -0.4 is 5.32 Å². The zero-order valence-electron chi connectivity index (χ0n) is 10.8. The van der Waals surface area contributed by atoms with Crippen LogP contribution in [0.4, 0.5) is 0 Å². The molecule has 0 bridgehead atoms. The van der Waals surface area contributed by atoms with Crippen LogP contribution in [0.25, 0.3) is 0 Å². The van der Waals surface area contributed by atoms with E-state index in [1.807, 2.05) is 12.1 Å². The van der Waals surface area contributed by atoms with Crippen LogP contribution in [-0.4, -0.2) is 41.9 Å². The highest BCUT2D eigenvalue weighted by Crippen LogP contribution is 2.06. The molecule has 0 aliphatic carbocycles. The summed E-state index contributed by atoms with van der Waals surface area (Å²) in [6.45, 7) is 1.92. The number of amides is 1. The number of hydrogen-bond donors (Lipinski definition) is 2. The fraction of sp³-hybridized carbons (Fsp3) is 0.538. The Morgan fingerprint density at radius 3 is 2.72 bits per heavy atom. The second-order valence-electron chi connectivity index (χ2n) is 4.44. The minimum atomic E-state index is -0.716. The molecular weight excluding hydrogens is 232 g/mol. The summed E-state index contributed by atoms with van der Waals surface area (Å²) in [5.41, 5.74) is 0.364. The molecule has 0 fully saturated rings. The van der Waals surface area contributed by atoms with Crippen molar-refractivity contribution >= 4 is 5.91 Å². The van der Waals surface area contributed by atoms with Gasteiger partial charge in [0.1, 0.15) is 5.60 Å². The number of hydrogen-bond acceptors (Lipinski definition) is 4. The molecular formula is C13H20N2O3. The van der Waals surface area contributed by atoms with Gasteiger partial charge in [-0.3, -0.25) is 9.78 Å². The first kappa shape index (κ1) is 14.6. The lowest BCUT2D eigenvalue weighted by molar-refractivity contribution is -0.123. The largest absolute Gasteiger partial charge is 0.393 e. The molecule has 0 aromatic carbocycles. The number of pyridine rings is 1. The van der Waals surface area contributed by atoms with E-state index in [4.69, 9.17) is 9.84 Å². The molecule has 18 heavy (non-hydrogen) atoms. The number of nitrogens with zero attached hydrogens (tertiary/aromatic N) is 1. The summed E-state index contributed by atoms with van der Waals surface area (Å²) in [7, 11) is 1.51. The molecule has 2 N–H and O–H groups in total. The van der Waals surface area contributed by atoms with Gasteiger partial charge in [0.25, 0.3) is 0 Å². The summed E-state index contributed by atoms with van der Waals surface area (Å²) < 4.78 is 5.13. The van der Waals surface area contributed by atoms with E-state index < -0.39 is 5.60 Å². The number of aliphatic hydroxyl groups is 1. The third kappa shape index (κ3) is 4.81. The van der Waals surface area contributed by atoms with E-state index in [9.17, 15) is 4.79 Å². The van der Waals surface area contributed by atoms with Gasteiger partial charge in [0, 0.05) is 32.5 Å². The summed E-state index contributed by atoms with van der Waals surface area (Å²) >= 11 is 0. The van der Waals surface area contributed by atoms with Crippen molar-refractivity contribution in [2.45, 2.75) is 25.4 Å². The third-order valence-electron chi connectivity index (χ3n) is 2.88. The number of carbonyl (C=O) groups excluding carboxylic acids is 1. The summed E-state index contributed by atoms with van der Waals surface area (Å²) in [5, 5.41) is 11.9. The van der Waals surface area contributed by atoms with Crippen LogP contribution in [0.1, 0.15) is 18.9 Å². The fourth-order valence-corrected chi connectivity index (χ4v) is 1.37. The van der Waals surface area contributed by atoms with Gasteiger partial charge in [0.15, 0.2) is 0 Å². The van der Waals surface area contributed by atoms with Crippen molar-refractivity contribution in [3.63, 3.8) is 0 Å². The van der Waals surface area contributed by atoms with Gasteiger partial charge in [0.05, 0.1) is 6.61 Å². The Labute approximate surface area is 107 Å². The molecule has 1 aromatic rings. The maximum absolute atomic E-state index is 11.6. The van der Waals surface area contributed by atoms with Gasteiger partial charge >= 0.3 is 0 Å². The Bertz CT molecular complexity index is 364. The van der Waals surface area contributed by atoms with Crippen LogP contribution in [0.3, 0.4) is 0 Å². The molecule has 5 nitrogen and oxygen atoms in total. The van der Waals surface area contributed by atoms with Gasteiger partial charge in [-0.15, -0.1) is 0 Å². The summed E-state index contributed by atoms with van der Waals surface area (Å²) in [6.07, 6.45) is 4.51. The van der Waals surface area contributed by atoms with Crippen molar-refractivity contribution in [2.75, 3.05) is 20.3 Å². The Balaban J connectivity index is 2.30. The highest BCUT2D eigenvalue weighted by atomic mass is 16.5. The van der Waals surface area contributed by atoms with Gasteiger partial charge in [-0.1, -0.05) is 0 Å². The van der Waals surface area contributed by atoms with E-state index in [2.05, 4.69) is 10.3 Å². The van der Waals surface area contributed by atoms with Gasteiger partial charge in [0.2, 0.25) is 5.91 Å². The molecule has 5 heteroatoms. The van der Waals surface area contributed by atoms with Crippen molar-refractivity contribution in [3.8, 4) is 0 Å². The molecule has 1 rings (SSSR count). The number of rotatable bonds is 7. The van der Waals surface area contributed by atoms with Crippen molar-refractivity contribution in [1.82, 2.24) is 10.3 Å². The third-order valence-corrected chi connectivity index (χ3v) is 2.88. The van der Waals surface area contributed by atoms with Crippen LogP contribution in [0.2, 0.25) is 0 Å². The monoisotopic (exact) mass is 252 g/mol. The first-order chi connectivity index (χ1) is 8.59.